The van der Waals surface area contributed by atoms with E-state index in [1.54, 1.807) is 0 Å². The molecule has 1 nitrogen and oxygen atoms in total. The number of nitrogens with one attached hydrogen (secondary N) is 1. The van der Waals surface area contributed by atoms with Gasteiger partial charge in [0, 0.05) is 17.6 Å². The lowest BCUT2D eigenvalue weighted by Crippen LogP contribution is -2.36. The van der Waals surface area contributed by atoms with Crippen LogP contribution in [0.5, 0.6) is 0 Å². The highest BCUT2D eigenvalue weighted by Crippen LogP contribution is 2.60. The highest BCUT2D eigenvalue weighted by atomic mass is 35.5. The van der Waals surface area contributed by atoms with Gasteiger partial charge in [-0.2, -0.15) is 0 Å². The first-order valence-corrected chi connectivity index (χ1v) is 8.09. The van der Waals surface area contributed by atoms with Crippen molar-refractivity contribution in [3.63, 3.8) is 0 Å². The average molecular weight is 276 g/mol. The van der Waals surface area contributed by atoms with Crippen molar-refractivity contribution < 1.29 is 0 Å². The summed E-state index contributed by atoms with van der Waals surface area (Å²) in [5.41, 5.74) is 1.84. The van der Waals surface area contributed by atoms with E-state index in [9.17, 15) is 0 Å². The van der Waals surface area contributed by atoms with Gasteiger partial charge in [-0.1, -0.05) is 29.8 Å². The number of halogens is 1. The lowest BCUT2D eigenvalue weighted by Gasteiger charge is -2.32. The molecule has 0 aromatic heterocycles. The quantitative estimate of drug-likeness (QED) is 0.855. The van der Waals surface area contributed by atoms with Crippen molar-refractivity contribution in [3.8, 4) is 0 Å². The van der Waals surface area contributed by atoms with Crippen molar-refractivity contribution in [2.24, 2.45) is 17.3 Å². The van der Waals surface area contributed by atoms with Gasteiger partial charge in [0.05, 0.1) is 0 Å². The highest BCUT2D eigenvalue weighted by Gasteiger charge is 2.53. The summed E-state index contributed by atoms with van der Waals surface area (Å²) in [4.78, 5) is 0. The van der Waals surface area contributed by atoms with Gasteiger partial charge in [-0.25, -0.2) is 0 Å². The molecule has 0 bridgehead atoms. The third-order valence-electron chi connectivity index (χ3n) is 5.33. The topological polar surface area (TPSA) is 12.0 Å². The summed E-state index contributed by atoms with van der Waals surface area (Å²) in [6, 6.07) is 9.23. The van der Waals surface area contributed by atoms with E-state index in [1.807, 2.05) is 12.1 Å². The number of benzene rings is 1. The molecule has 1 aromatic carbocycles. The molecule has 4 rings (SSSR count). The summed E-state index contributed by atoms with van der Waals surface area (Å²) >= 11 is 6.37. The highest BCUT2D eigenvalue weighted by molar-refractivity contribution is 6.31. The molecule has 0 spiro atoms. The molecule has 102 valence electrons. The van der Waals surface area contributed by atoms with Gasteiger partial charge < -0.3 is 5.32 Å². The zero-order valence-electron chi connectivity index (χ0n) is 11.4. The summed E-state index contributed by atoms with van der Waals surface area (Å²) in [7, 11) is 0. The second-order valence-electron chi connectivity index (χ2n) is 7.09. The fraction of sp³-hybridized carbons (Fsp3) is 0.647. The van der Waals surface area contributed by atoms with Crippen LogP contribution in [0.1, 0.15) is 37.7 Å². The third kappa shape index (κ3) is 2.55. The summed E-state index contributed by atoms with van der Waals surface area (Å²) in [6.45, 7) is 1.20. The predicted octanol–water partition coefficient (Wildman–Crippen LogP) is 4.05. The Kier molecular flexibility index (Phi) is 2.89. The van der Waals surface area contributed by atoms with Crippen LogP contribution < -0.4 is 5.32 Å². The zero-order chi connectivity index (χ0) is 12.9. The Morgan fingerprint density at radius 3 is 2.58 bits per heavy atom. The second-order valence-corrected chi connectivity index (χ2v) is 7.49. The van der Waals surface area contributed by atoms with Crippen molar-refractivity contribution in [1.82, 2.24) is 5.32 Å². The average Bonchev–Trinajstić information content (AvgIpc) is 3.31. The smallest absolute Gasteiger partial charge is 0.0438 e. The van der Waals surface area contributed by atoms with Crippen LogP contribution in [0.3, 0.4) is 0 Å². The molecule has 0 amide bonds. The Balaban J connectivity index is 1.51. The predicted molar refractivity (Wildman–Crippen MR) is 79.4 cm³/mol. The first kappa shape index (κ1) is 12.2. The van der Waals surface area contributed by atoms with E-state index in [0.29, 0.717) is 5.41 Å². The SMILES string of the molecule is Clc1ccccc1CC1(CNC2CC2)CC2CC2C1. The maximum Gasteiger partial charge on any atom is 0.0438 e. The molecule has 2 atom stereocenters. The minimum absolute atomic E-state index is 0.487. The van der Waals surface area contributed by atoms with Gasteiger partial charge in [0.2, 0.25) is 0 Å². The molecule has 19 heavy (non-hydrogen) atoms. The van der Waals surface area contributed by atoms with Crippen molar-refractivity contribution in [2.45, 2.75) is 44.6 Å². The van der Waals surface area contributed by atoms with Gasteiger partial charge in [0.1, 0.15) is 0 Å². The van der Waals surface area contributed by atoms with E-state index in [0.717, 1.165) is 22.9 Å². The minimum Gasteiger partial charge on any atom is -0.313 e. The van der Waals surface area contributed by atoms with Crippen LogP contribution in [0.4, 0.5) is 0 Å². The number of fused-ring (bicyclic) bond motifs is 1. The lowest BCUT2D eigenvalue weighted by molar-refractivity contribution is 0.247. The Labute approximate surface area is 120 Å². The van der Waals surface area contributed by atoms with Gasteiger partial charge in [-0.15, -0.1) is 0 Å². The summed E-state index contributed by atoms with van der Waals surface area (Å²) in [5.74, 6) is 2.06. The minimum atomic E-state index is 0.487. The van der Waals surface area contributed by atoms with E-state index in [4.69, 9.17) is 11.6 Å². The summed E-state index contributed by atoms with van der Waals surface area (Å²) in [6.07, 6.45) is 8.27. The maximum atomic E-state index is 6.37. The van der Waals surface area contributed by atoms with Crippen molar-refractivity contribution in [1.29, 1.82) is 0 Å². The fourth-order valence-corrected chi connectivity index (χ4v) is 4.25. The first-order chi connectivity index (χ1) is 9.24. The summed E-state index contributed by atoms with van der Waals surface area (Å²) in [5, 5.41) is 4.73. The molecule has 1 N–H and O–H groups in total. The van der Waals surface area contributed by atoms with Gasteiger partial charge >= 0.3 is 0 Å². The zero-order valence-corrected chi connectivity index (χ0v) is 12.1. The van der Waals surface area contributed by atoms with Crippen LogP contribution >= 0.6 is 11.6 Å². The van der Waals surface area contributed by atoms with E-state index < -0.39 is 0 Å². The molecule has 2 heteroatoms. The number of hydrogen-bond donors (Lipinski definition) is 1. The molecule has 0 aliphatic heterocycles. The third-order valence-corrected chi connectivity index (χ3v) is 5.69. The van der Waals surface area contributed by atoms with Gasteiger partial charge in [-0.05, 0) is 67.4 Å². The largest absolute Gasteiger partial charge is 0.313 e. The molecule has 0 saturated heterocycles. The normalized spacial score (nSPS) is 36.3. The van der Waals surface area contributed by atoms with Gasteiger partial charge in [-0.3, -0.25) is 0 Å². The number of hydrogen-bond acceptors (Lipinski definition) is 1. The van der Waals surface area contributed by atoms with Crippen LogP contribution in [-0.2, 0) is 6.42 Å². The Bertz CT molecular complexity index is 470. The van der Waals surface area contributed by atoms with E-state index in [-0.39, 0.29) is 0 Å². The van der Waals surface area contributed by atoms with E-state index >= 15 is 0 Å². The molecule has 3 aliphatic carbocycles. The lowest BCUT2D eigenvalue weighted by atomic mass is 9.77. The Hall–Kier alpha value is -0.530. The van der Waals surface area contributed by atoms with Crippen LogP contribution in [0.15, 0.2) is 24.3 Å². The molecule has 3 saturated carbocycles. The van der Waals surface area contributed by atoms with Crippen LogP contribution in [0.2, 0.25) is 5.02 Å². The van der Waals surface area contributed by atoms with Crippen molar-refractivity contribution >= 4 is 11.6 Å². The maximum absolute atomic E-state index is 6.37. The van der Waals surface area contributed by atoms with Crippen molar-refractivity contribution in [3.05, 3.63) is 34.9 Å². The molecule has 0 radical (unpaired) electrons. The molecule has 3 aliphatic rings. The number of rotatable bonds is 5. The molecule has 0 heterocycles. The van der Waals surface area contributed by atoms with Crippen molar-refractivity contribution in [2.75, 3.05) is 6.54 Å². The first-order valence-electron chi connectivity index (χ1n) is 7.71. The Morgan fingerprint density at radius 2 is 1.89 bits per heavy atom. The molecular weight excluding hydrogens is 254 g/mol. The fourth-order valence-electron chi connectivity index (χ4n) is 4.05. The Morgan fingerprint density at radius 1 is 1.16 bits per heavy atom. The second kappa shape index (κ2) is 4.49. The van der Waals surface area contributed by atoms with E-state index in [2.05, 4.69) is 17.4 Å². The standard InChI is InChI=1S/C17H22ClN/c18-16-4-2-1-3-12(16)8-17(11-19-15-5-6-15)9-13-7-14(13)10-17/h1-4,13-15,19H,5-11H2. The van der Waals surface area contributed by atoms with E-state index in [1.165, 1.54) is 50.6 Å². The monoisotopic (exact) mass is 275 g/mol. The molecular formula is C17H22ClN. The molecule has 2 unspecified atom stereocenters. The summed E-state index contributed by atoms with van der Waals surface area (Å²) < 4.78 is 0. The van der Waals surface area contributed by atoms with Crippen LogP contribution in [0, 0.1) is 17.3 Å². The van der Waals surface area contributed by atoms with Gasteiger partial charge in [0.15, 0.2) is 0 Å². The van der Waals surface area contributed by atoms with Gasteiger partial charge in [0.25, 0.3) is 0 Å². The molecule has 3 fully saturated rings. The molecule has 1 aromatic rings. The van der Waals surface area contributed by atoms with Crippen LogP contribution in [-0.4, -0.2) is 12.6 Å². The van der Waals surface area contributed by atoms with Crippen LogP contribution in [0.25, 0.3) is 0 Å².